The Morgan fingerprint density at radius 2 is 1.80 bits per heavy atom. The summed E-state index contributed by atoms with van der Waals surface area (Å²) < 4.78 is 16.9. The average Bonchev–Trinajstić information content (AvgIpc) is 1.89. The molecule has 0 aromatic rings. The molecule has 3 heteroatoms. The molecular weight excluding hydrogens is 148 g/mol. The minimum Gasteiger partial charge on any atom is -0.380 e. The van der Waals surface area contributed by atoms with E-state index in [4.69, 9.17) is 4.74 Å². The van der Waals surface area contributed by atoms with Gasteiger partial charge in [-0.1, -0.05) is 0 Å². The molecule has 0 bridgehead atoms. The molecule has 1 heterocycles. The zero-order valence-electron chi connectivity index (χ0n) is 6.55. The van der Waals surface area contributed by atoms with Crippen LogP contribution in [0.2, 0.25) is 0 Å². The molecule has 2 nitrogen and oxygen atoms in total. The number of hydrogen-bond donors (Lipinski definition) is 0. The zero-order valence-corrected chi connectivity index (χ0v) is 7.37. The van der Waals surface area contributed by atoms with Gasteiger partial charge in [-0.15, -0.1) is 0 Å². The quantitative estimate of drug-likeness (QED) is 0.485. The molecule has 0 atom stereocenters. The topological polar surface area (TPSA) is 26.3 Å². The summed E-state index contributed by atoms with van der Waals surface area (Å²) in [5.41, 5.74) is 0. The normalized spacial score (nSPS) is 24.2. The molecule has 0 amide bonds. The van der Waals surface area contributed by atoms with E-state index < -0.39 is 9.52 Å². The molecule has 0 saturated carbocycles. The van der Waals surface area contributed by atoms with Gasteiger partial charge in [-0.05, 0) is 28.2 Å². The molecule has 1 saturated heterocycles. The van der Waals surface area contributed by atoms with Crippen molar-refractivity contribution in [1.29, 1.82) is 0 Å². The third-order valence-electron chi connectivity index (χ3n) is 1.86. The lowest BCUT2D eigenvalue weighted by atomic mass is 10.6. The molecule has 1 aliphatic heterocycles. The number of hydrogen-bond acceptors (Lipinski definition) is 2. The Balaban J connectivity index is 2.87. The van der Waals surface area contributed by atoms with Crippen molar-refractivity contribution in [1.82, 2.24) is 0 Å². The summed E-state index contributed by atoms with van der Waals surface area (Å²) in [5, 5.41) is 0. The van der Waals surface area contributed by atoms with Crippen molar-refractivity contribution in [2.45, 2.75) is 13.8 Å². The first-order valence-corrected chi connectivity index (χ1v) is 5.42. The van der Waals surface area contributed by atoms with Crippen molar-refractivity contribution >= 4 is 14.4 Å². The SMILES string of the molecule is CC(C)=S1(=O)CCOCC1. The van der Waals surface area contributed by atoms with Gasteiger partial charge in [-0.2, -0.15) is 0 Å². The van der Waals surface area contributed by atoms with Crippen molar-refractivity contribution in [2.75, 3.05) is 24.7 Å². The Labute approximate surface area is 62.6 Å². The monoisotopic (exact) mass is 162 g/mol. The summed E-state index contributed by atoms with van der Waals surface area (Å²) in [7, 11) is -1.62. The molecular formula is C7H14O2S. The highest BCUT2D eigenvalue weighted by molar-refractivity contribution is 8.02. The molecule has 1 rings (SSSR count). The lowest BCUT2D eigenvalue weighted by Gasteiger charge is -2.18. The van der Waals surface area contributed by atoms with Gasteiger partial charge in [0.2, 0.25) is 0 Å². The highest BCUT2D eigenvalue weighted by atomic mass is 32.2. The van der Waals surface area contributed by atoms with Crippen LogP contribution in [0.3, 0.4) is 0 Å². The van der Waals surface area contributed by atoms with Crippen molar-refractivity contribution in [2.24, 2.45) is 0 Å². The van der Waals surface area contributed by atoms with Gasteiger partial charge in [0.25, 0.3) is 0 Å². The van der Waals surface area contributed by atoms with Gasteiger partial charge in [0.05, 0.1) is 13.2 Å². The highest BCUT2D eigenvalue weighted by Gasteiger charge is 2.13. The molecule has 0 spiro atoms. The van der Waals surface area contributed by atoms with Gasteiger partial charge < -0.3 is 4.74 Å². The molecule has 0 aromatic heterocycles. The van der Waals surface area contributed by atoms with Crippen molar-refractivity contribution in [3.8, 4) is 0 Å². The van der Waals surface area contributed by atoms with E-state index in [0.717, 1.165) is 16.4 Å². The summed E-state index contributed by atoms with van der Waals surface area (Å²) in [6, 6.07) is 0. The van der Waals surface area contributed by atoms with Gasteiger partial charge in [-0.3, -0.25) is 4.21 Å². The Kier molecular flexibility index (Phi) is 2.36. The minimum atomic E-state index is -1.62. The van der Waals surface area contributed by atoms with Crippen LogP contribution in [-0.4, -0.2) is 33.8 Å². The van der Waals surface area contributed by atoms with Crippen LogP contribution in [-0.2, 0) is 14.3 Å². The smallest absolute Gasteiger partial charge is 0.0576 e. The summed E-state index contributed by atoms with van der Waals surface area (Å²) in [4.78, 5) is 1.08. The molecule has 0 aromatic carbocycles. The average molecular weight is 162 g/mol. The number of ether oxygens (including phenoxy) is 1. The zero-order chi connectivity index (χ0) is 7.61. The van der Waals surface area contributed by atoms with Crippen molar-refractivity contribution in [3.63, 3.8) is 0 Å². The van der Waals surface area contributed by atoms with Gasteiger partial charge >= 0.3 is 0 Å². The van der Waals surface area contributed by atoms with Crippen LogP contribution in [0.25, 0.3) is 0 Å². The maximum atomic E-state index is 11.8. The van der Waals surface area contributed by atoms with Crippen LogP contribution in [0.15, 0.2) is 0 Å². The Bertz CT molecular complexity index is 208. The Hall–Kier alpha value is -0.0200. The van der Waals surface area contributed by atoms with Crippen LogP contribution < -0.4 is 0 Å². The lowest BCUT2D eigenvalue weighted by Crippen LogP contribution is -2.29. The largest absolute Gasteiger partial charge is 0.380 e. The van der Waals surface area contributed by atoms with Crippen LogP contribution in [0, 0.1) is 0 Å². The maximum absolute atomic E-state index is 11.8. The van der Waals surface area contributed by atoms with E-state index in [1.807, 2.05) is 13.8 Å². The van der Waals surface area contributed by atoms with Crippen LogP contribution >= 0.6 is 0 Å². The van der Waals surface area contributed by atoms with E-state index in [2.05, 4.69) is 0 Å². The summed E-state index contributed by atoms with van der Waals surface area (Å²) >= 11 is 0. The van der Waals surface area contributed by atoms with E-state index in [1.54, 1.807) is 0 Å². The summed E-state index contributed by atoms with van der Waals surface area (Å²) in [6.07, 6.45) is 0. The fourth-order valence-electron chi connectivity index (χ4n) is 0.999. The molecule has 1 fully saturated rings. The first-order chi connectivity index (χ1) is 4.65. The number of rotatable bonds is 0. The second-order valence-corrected chi connectivity index (χ2v) is 6.00. The molecule has 0 radical (unpaired) electrons. The molecule has 0 unspecified atom stereocenters. The summed E-state index contributed by atoms with van der Waals surface area (Å²) in [6.45, 7) is 5.25. The van der Waals surface area contributed by atoms with Gasteiger partial charge in [0.1, 0.15) is 0 Å². The van der Waals surface area contributed by atoms with E-state index in [9.17, 15) is 4.21 Å². The van der Waals surface area contributed by atoms with E-state index in [1.165, 1.54) is 0 Å². The van der Waals surface area contributed by atoms with Crippen LogP contribution in [0.4, 0.5) is 0 Å². The molecule has 1 aliphatic rings. The minimum absolute atomic E-state index is 0.671. The molecule has 0 N–H and O–H groups in total. The van der Waals surface area contributed by atoms with Crippen LogP contribution in [0.5, 0.6) is 0 Å². The highest BCUT2D eigenvalue weighted by Crippen LogP contribution is 2.02. The second-order valence-electron chi connectivity index (χ2n) is 2.74. The maximum Gasteiger partial charge on any atom is 0.0576 e. The van der Waals surface area contributed by atoms with E-state index in [-0.39, 0.29) is 0 Å². The fraction of sp³-hybridized carbons (Fsp3) is 0.857. The first-order valence-electron chi connectivity index (χ1n) is 3.53. The van der Waals surface area contributed by atoms with Crippen LogP contribution in [0.1, 0.15) is 13.8 Å². The van der Waals surface area contributed by atoms with Gasteiger partial charge in [0, 0.05) is 11.5 Å². The lowest BCUT2D eigenvalue weighted by molar-refractivity contribution is 0.158. The van der Waals surface area contributed by atoms with Gasteiger partial charge in [-0.25, -0.2) is 0 Å². The molecule has 60 valence electrons. The molecule has 0 aliphatic carbocycles. The summed E-state index contributed by atoms with van der Waals surface area (Å²) in [5.74, 6) is 1.46. The Morgan fingerprint density at radius 3 is 2.10 bits per heavy atom. The third-order valence-corrected chi connectivity index (χ3v) is 5.00. The first kappa shape index (κ1) is 8.08. The van der Waals surface area contributed by atoms with Crippen molar-refractivity contribution < 1.29 is 8.95 Å². The second kappa shape index (κ2) is 2.93. The standard InChI is InChI=1S/C7H14O2S/c1-7(2)10(8)5-3-9-4-6-10/h3-6H2,1-2H3. The fourth-order valence-corrected chi connectivity index (χ4v) is 2.79. The predicted molar refractivity (Wildman–Crippen MR) is 45.1 cm³/mol. The molecule has 10 heavy (non-hydrogen) atoms. The third kappa shape index (κ3) is 1.52. The van der Waals surface area contributed by atoms with E-state index >= 15 is 0 Å². The van der Waals surface area contributed by atoms with Crippen molar-refractivity contribution in [3.05, 3.63) is 0 Å². The predicted octanol–water partition coefficient (Wildman–Crippen LogP) is 0.513. The Morgan fingerprint density at radius 1 is 1.30 bits per heavy atom. The van der Waals surface area contributed by atoms with Gasteiger partial charge in [0.15, 0.2) is 0 Å². The van der Waals surface area contributed by atoms with E-state index in [0.29, 0.717) is 13.2 Å².